The first-order valence-electron chi connectivity index (χ1n) is 10.1. The lowest BCUT2D eigenvalue weighted by Gasteiger charge is -2.39. The van der Waals surface area contributed by atoms with E-state index in [-0.39, 0.29) is 22.9 Å². The van der Waals surface area contributed by atoms with Crippen LogP contribution in [0.25, 0.3) is 0 Å². The van der Waals surface area contributed by atoms with Gasteiger partial charge in [-0.1, -0.05) is 13.8 Å². The van der Waals surface area contributed by atoms with Crippen LogP contribution in [-0.2, 0) is 10.0 Å². The molecule has 5 nitrogen and oxygen atoms in total. The predicted octanol–water partition coefficient (Wildman–Crippen LogP) is 3.76. The minimum Gasteiger partial charge on any atom is -0.333 e. The fourth-order valence-electron chi connectivity index (χ4n) is 4.69. The normalized spacial score (nSPS) is 30.3. The third-order valence-corrected chi connectivity index (χ3v) is 7.85. The maximum Gasteiger partial charge on any atom is 0.254 e. The molecule has 2 heterocycles. The van der Waals surface area contributed by atoms with Crippen LogP contribution in [-0.4, -0.2) is 48.7 Å². The molecule has 0 radical (unpaired) electrons. The second-order valence-electron chi connectivity index (χ2n) is 8.63. The number of sulfonamides is 1. The Kier molecular flexibility index (Phi) is 5.96. The van der Waals surface area contributed by atoms with Gasteiger partial charge in [-0.05, 0) is 75.6 Å². The van der Waals surface area contributed by atoms with Crippen molar-refractivity contribution >= 4 is 15.9 Å². The van der Waals surface area contributed by atoms with E-state index in [9.17, 15) is 13.2 Å². The Bertz CT molecular complexity index is 755. The van der Waals surface area contributed by atoms with Crippen LogP contribution in [0.4, 0.5) is 0 Å². The number of nitrogens with zero attached hydrogens (tertiary/aromatic N) is 2. The summed E-state index contributed by atoms with van der Waals surface area (Å²) >= 11 is 0. The molecule has 1 amide bonds. The minimum atomic E-state index is -3.51. The number of hydrogen-bond donors (Lipinski definition) is 0. The summed E-state index contributed by atoms with van der Waals surface area (Å²) in [6, 6.07) is 6.96. The van der Waals surface area contributed by atoms with Crippen LogP contribution in [0.1, 0.15) is 63.7 Å². The average molecular weight is 393 g/mol. The summed E-state index contributed by atoms with van der Waals surface area (Å²) in [6.07, 6.45) is 4.25. The summed E-state index contributed by atoms with van der Waals surface area (Å²) in [6.45, 7) is 9.50. The van der Waals surface area contributed by atoms with Gasteiger partial charge in [0.15, 0.2) is 0 Å². The van der Waals surface area contributed by atoms with Crippen molar-refractivity contribution in [2.24, 2.45) is 11.8 Å². The first-order chi connectivity index (χ1) is 12.7. The molecule has 0 spiro atoms. The molecule has 27 heavy (non-hydrogen) atoms. The van der Waals surface area contributed by atoms with E-state index in [1.165, 1.54) is 0 Å². The van der Waals surface area contributed by atoms with Crippen molar-refractivity contribution in [1.82, 2.24) is 9.21 Å². The summed E-state index contributed by atoms with van der Waals surface area (Å²) in [5, 5.41) is 0. The van der Waals surface area contributed by atoms with E-state index in [0.717, 1.165) is 25.7 Å². The molecule has 1 aromatic rings. The first kappa shape index (κ1) is 20.3. The lowest BCUT2D eigenvalue weighted by molar-refractivity contribution is 0.0510. The number of carbonyl (C=O) groups is 1. The van der Waals surface area contributed by atoms with E-state index in [1.807, 2.05) is 4.90 Å². The minimum absolute atomic E-state index is 0.00105. The third-order valence-electron chi connectivity index (χ3n) is 6.00. The SMILES string of the molecule is CC1CC(C)CN(S(=O)(=O)c2ccc(C(=O)N3C(C)CCCC3C)cc2)C1. The Balaban J connectivity index is 1.79. The van der Waals surface area contributed by atoms with Crippen LogP contribution < -0.4 is 0 Å². The van der Waals surface area contributed by atoms with Crippen LogP contribution in [0.5, 0.6) is 0 Å². The van der Waals surface area contributed by atoms with Crippen molar-refractivity contribution in [2.45, 2.75) is 70.4 Å². The maximum absolute atomic E-state index is 13.0. The zero-order chi connectivity index (χ0) is 19.8. The molecule has 150 valence electrons. The number of benzene rings is 1. The molecule has 0 aromatic heterocycles. The van der Waals surface area contributed by atoms with Crippen LogP contribution in [0.3, 0.4) is 0 Å². The van der Waals surface area contributed by atoms with Crippen molar-refractivity contribution in [1.29, 1.82) is 0 Å². The van der Waals surface area contributed by atoms with Gasteiger partial charge in [-0.15, -0.1) is 0 Å². The summed E-state index contributed by atoms with van der Waals surface area (Å²) < 4.78 is 27.6. The van der Waals surface area contributed by atoms with Crippen LogP contribution >= 0.6 is 0 Å². The second-order valence-corrected chi connectivity index (χ2v) is 10.6. The molecular formula is C21H32N2O3S. The number of piperidine rings is 2. The van der Waals surface area contributed by atoms with Crippen molar-refractivity contribution in [3.05, 3.63) is 29.8 Å². The van der Waals surface area contributed by atoms with Gasteiger partial charge in [0.05, 0.1) is 4.90 Å². The van der Waals surface area contributed by atoms with E-state index in [0.29, 0.717) is 30.5 Å². The number of likely N-dealkylation sites (tertiary alicyclic amines) is 1. The topological polar surface area (TPSA) is 57.7 Å². The Morgan fingerprint density at radius 1 is 0.926 bits per heavy atom. The van der Waals surface area contributed by atoms with Crippen molar-refractivity contribution in [3.63, 3.8) is 0 Å². The molecule has 3 rings (SSSR count). The van der Waals surface area contributed by atoms with E-state index in [1.54, 1.807) is 28.6 Å². The highest BCUT2D eigenvalue weighted by Crippen LogP contribution is 2.28. The van der Waals surface area contributed by atoms with E-state index >= 15 is 0 Å². The van der Waals surface area contributed by atoms with Gasteiger partial charge in [0.25, 0.3) is 5.91 Å². The fraction of sp³-hybridized carbons (Fsp3) is 0.667. The van der Waals surface area contributed by atoms with Gasteiger partial charge in [-0.3, -0.25) is 4.79 Å². The molecule has 4 unspecified atom stereocenters. The Labute approximate surface area is 163 Å². The smallest absolute Gasteiger partial charge is 0.254 e. The number of carbonyl (C=O) groups excluding carboxylic acids is 1. The number of amides is 1. The zero-order valence-electron chi connectivity index (χ0n) is 16.9. The summed E-state index contributed by atoms with van der Waals surface area (Å²) in [7, 11) is -3.51. The third kappa shape index (κ3) is 4.21. The largest absolute Gasteiger partial charge is 0.333 e. The molecule has 2 aliphatic heterocycles. The molecule has 0 bridgehead atoms. The second kappa shape index (κ2) is 7.92. The predicted molar refractivity (Wildman–Crippen MR) is 107 cm³/mol. The van der Waals surface area contributed by atoms with Crippen LogP contribution in [0.2, 0.25) is 0 Å². The lowest BCUT2D eigenvalue weighted by Crippen LogP contribution is -2.47. The highest BCUT2D eigenvalue weighted by atomic mass is 32.2. The van der Waals surface area contributed by atoms with Crippen LogP contribution in [0, 0.1) is 11.8 Å². The maximum atomic E-state index is 13.0. The fourth-order valence-corrected chi connectivity index (χ4v) is 6.37. The summed E-state index contributed by atoms with van der Waals surface area (Å²) in [4.78, 5) is 15.2. The standard InChI is InChI=1S/C21H32N2O3S/c1-15-12-16(2)14-22(13-15)27(25,26)20-10-8-19(9-11-20)21(24)23-17(3)6-5-7-18(23)4/h8-11,15-18H,5-7,12-14H2,1-4H3. The molecule has 2 fully saturated rings. The monoisotopic (exact) mass is 392 g/mol. The Hall–Kier alpha value is -1.40. The molecule has 0 aliphatic carbocycles. The average Bonchev–Trinajstić information content (AvgIpc) is 2.60. The van der Waals surface area contributed by atoms with Gasteiger partial charge in [0.2, 0.25) is 10.0 Å². The van der Waals surface area contributed by atoms with E-state index in [2.05, 4.69) is 27.7 Å². The van der Waals surface area contributed by atoms with Crippen molar-refractivity contribution in [3.8, 4) is 0 Å². The molecule has 0 saturated carbocycles. The lowest BCUT2D eigenvalue weighted by atomic mass is 9.94. The van der Waals surface area contributed by atoms with Gasteiger partial charge in [0.1, 0.15) is 0 Å². The van der Waals surface area contributed by atoms with Gasteiger partial charge in [-0.25, -0.2) is 8.42 Å². The first-order valence-corrected chi connectivity index (χ1v) is 11.6. The Morgan fingerprint density at radius 3 is 1.96 bits per heavy atom. The molecule has 2 aliphatic rings. The van der Waals surface area contributed by atoms with Crippen molar-refractivity contribution < 1.29 is 13.2 Å². The molecule has 4 atom stereocenters. The van der Waals surface area contributed by atoms with E-state index < -0.39 is 10.0 Å². The Morgan fingerprint density at radius 2 is 1.44 bits per heavy atom. The highest BCUT2D eigenvalue weighted by Gasteiger charge is 2.33. The number of rotatable bonds is 3. The van der Waals surface area contributed by atoms with Gasteiger partial charge in [-0.2, -0.15) is 4.31 Å². The number of hydrogen-bond acceptors (Lipinski definition) is 3. The molecular weight excluding hydrogens is 360 g/mol. The summed E-state index contributed by atoms with van der Waals surface area (Å²) in [5.74, 6) is 0.733. The van der Waals surface area contributed by atoms with Gasteiger partial charge < -0.3 is 4.90 Å². The quantitative estimate of drug-likeness (QED) is 0.787. The summed E-state index contributed by atoms with van der Waals surface area (Å²) in [5.41, 5.74) is 0.565. The molecule has 0 N–H and O–H groups in total. The van der Waals surface area contributed by atoms with Gasteiger partial charge >= 0.3 is 0 Å². The zero-order valence-corrected chi connectivity index (χ0v) is 17.7. The highest BCUT2D eigenvalue weighted by molar-refractivity contribution is 7.89. The van der Waals surface area contributed by atoms with Crippen LogP contribution in [0.15, 0.2) is 29.2 Å². The van der Waals surface area contributed by atoms with Crippen molar-refractivity contribution in [2.75, 3.05) is 13.1 Å². The molecule has 2 saturated heterocycles. The molecule has 6 heteroatoms. The van der Waals surface area contributed by atoms with E-state index in [4.69, 9.17) is 0 Å². The molecule has 1 aromatic carbocycles. The van der Waals surface area contributed by atoms with Gasteiger partial charge in [0, 0.05) is 30.7 Å².